The van der Waals surface area contributed by atoms with Crippen LogP contribution < -0.4 is 10.5 Å². The Morgan fingerprint density at radius 3 is 2.31 bits per heavy atom. The third-order valence-corrected chi connectivity index (χ3v) is 1.75. The first-order chi connectivity index (χ1) is 7.29. The molecular weight excluding hydrogens is 233 g/mol. The van der Waals surface area contributed by atoms with Crippen LogP contribution in [0.5, 0.6) is 5.75 Å². The van der Waals surface area contributed by atoms with Gasteiger partial charge in [-0.1, -0.05) is 12.1 Å². The molecule has 0 heterocycles. The molecule has 0 unspecified atom stereocenters. The largest absolute Gasteiger partial charge is 0.573 e. The summed E-state index contributed by atoms with van der Waals surface area (Å²) in [7, 11) is 0. The number of hydrogen-bond donors (Lipinski definition) is 1. The monoisotopic (exact) mass is 241 g/mol. The molecule has 1 atom stereocenters. The van der Waals surface area contributed by atoms with Crippen molar-refractivity contribution in [3.05, 3.63) is 29.8 Å². The molecule has 1 aromatic carbocycles. The highest BCUT2D eigenvalue weighted by Gasteiger charge is 2.31. The predicted octanol–water partition coefficient (Wildman–Crippen LogP) is 2.85. The standard InChI is InChI=1S/C9H8F5NO/c10-8(11)7(15)5-2-1-3-6(4-5)16-9(12,13)14/h1-4,7-8H,15H2/t7-/m0/s1. The summed E-state index contributed by atoms with van der Waals surface area (Å²) < 4.78 is 63.5. The van der Waals surface area contributed by atoms with E-state index in [1.54, 1.807) is 0 Å². The number of hydrogen-bond acceptors (Lipinski definition) is 2. The molecule has 0 bridgehead atoms. The second-order valence-electron chi connectivity index (χ2n) is 2.98. The highest BCUT2D eigenvalue weighted by molar-refractivity contribution is 5.30. The number of nitrogens with two attached hydrogens (primary N) is 1. The van der Waals surface area contributed by atoms with E-state index in [4.69, 9.17) is 5.73 Å². The number of rotatable bonds is 3. The summed E-state index contributed by atoms with van der Waals surface area (Å²) in [4.78, 5) is 0. The van der Waals surface area contributed by atoms with Crippen LogP contribution in [-0.2, 0) is 0 Å². The summed E-state index contributed by atoms with van der Waals surface area (Å²) >= 11 is 0. The van der Waals surface area contributed by atoms with Gasteiger partial charge in [-0.05, 0) is 17.7 Å². The maximum absolute atomic E-state index is 12.2. The van der Waals surface area contributed by atoms with Crippen molar-refractivity contribution in [2.24, 2.45) is 5.73 Å². The SMILES string of the molecule is N[C@@H](c1cccc(OC(F)(F)F)c1)C(F)F. The Hall–Kier alpha value is -1.37. The van der Waals surface area contributed by atoms with Crippen LogP contribution >= 0.6 is 0 Å². The lowest BCUT2D eigenvalue weighted by Crippen LogP contribution is -2.20. The molecule has 1 aromatic rings. The van der Waals surface area contributed by atoms with E-state index in [1.807, 2.05) is 0 Å². The zero-order valence-corrected chi connectivity index (χ0v) is 7.84. The van der Waals surface area contributed by atoms with Gasteiger partial charge in [0.05, 0.1) is 6.04 Å². The fraction of sp³-hybridized carbons (Fsp3) is 0.333. The third-order valence-electron chi connectivity index (χ3n) is 1.75. The Labute approximate surface area is 87.8 Å². The van der Waals surface area contributed by atoms with Crippen LogP contribution in [0.4, 0.5) is 22.0 Å². The highest BCUT2D eigenvalue weighted by atomic mass is 19.4. The number of benzene rings is 1. The normalized spacial score (nSPS) is 13.9. The van der Waals surface area contributed by atoms with Gasteiger partial charge >= 0.3 is 6.36 Å². The molecule has 0 amide bonds. The number of halogens is 5. The fourth-order valence-electron chi connectivity index (χ4n) is 1.06. The van der Waals surface area contributed by atoms with Crippen molar-refractivity contribution in [2.75, 3.05) is 0 Å². The van der Waals surface area contributed by atoms with E-state index >= 15 is 0 Å². The molecule has 1 rings (SSSR count). The Balaban J connectivity index is 2.87. The summed E-state index contributed by atoms with van der Waals surface area (Å²) in [5.41, 5.74) is 4.97. The lowest BCUT2D eigenvalue weighted by Gasteiger charge is -2.13. The van der Waals surface area contributed by atoms with E-state index < -0.39 is 24.6 Å². The molecule has 2 nitrogen and oxygen atoms in total. The number of alkyl halides is 5. The minimum atomic E-state index is -4.85. The molecule has 0 aromatic heterocycles. The zero-order valence-electron chi connectivity index (χ0n) is 7.84. The first-order valence-electron chi connectivity index (χ1n) is 4.19. The summed E-state index contributed by atoms with van der Waals surface area (Å²) in [5.74, 6) is -0.568. The minimum absolute atomic E-state index is 0.114. The molecular formula is C9H8F5NO. The van der Waals surface area contributed by atoms with E-state index in [2.05, 4.69) is 4.74 Å². The van der Waals surface area contributed by atoms with Crippen molar-refractivity contribution in [1.82, 2.24) is 0 Å². The molecule has 0 saturated heterocycles. The van der Waals surface area contributed by atoms with Crippen molar-refractivity contribution >= 4 is 0 Å². The third kappa shape index (κ3) is 3.65. The van der Waals surface area contributed by atoms with Gasteiger partial charge in [-0.3, -0.25) is 0 Å². The van der Waals surface area contributed by atoms with Crippen LogP contribution in [0.3, 0.4) is 0 Å². The van der Waals surface area contributed by atoms with E-state index in [9.17, 15) is 22.0 Å². The molecule has 16 heavy (non-hydrogen) atoms. The second-order valence-corrected chi connectivity index (χ2v) is 2.98. The lowest BCUT2D eigenvalue weighted by molar-refractivity contribution is -0.274. The zero-order chi connectivity index (χ0) is 12.3. The van der Waals surface area contributed by atoms with Gasteiger partial charge in [0.25, 0.3) is 6.43 Å². The minimum Gasteiger partial charge on any atom is -0.406 e. The molecule has 90 valence electrons. The van der Waals surface area contributed by atoms with Gasteiger partial charge in [0.1, 0.15) is 5.75 Å². The topological polar surface area (TPSA) is 35.2 Å². The molecule has 0 aliphatic heterocycles. The van der Waals surface area contributed by atoms with Gasteiger partial charge in [0.2, 0.25) is 0 Å². The van der Waals surface area contributed by atoms with Gasteiger partial charge in [0, 0.05) is 0 Å². The first-order valence-corrected chi connectivity index (χ1v) is 4.19. The van der Waals surface area contributed by atoms with Gasteiger partial charge in [-0.25, -0.2) is 8.78 Å². The quantitative estimate of drug-likeness (QED) is 0.826. The van der Waals surface area contributed by atoms with Crippen molar-refractivity contribution in [3.8, 4) is 5.75 Å². The molecule has 7 heteroatoms. The summed E-state index contributed by atoms with van der Waals surface area (Å²) in [6.45, 7) is 0. The van der Waals surface area contributed by atoms with Gasteiger partial charge < -0.3 is 10.5 Å². The summed E-state index contributed by atoms with van der Waals surface area (Å²) in [6.07, 6.45) is -7.70. The van der Waals surface area contributed by atoms with Crippen LogP contribution in [0.1, 0.15) is 11.6 Å². The van der Waals surface area contributed by atoms with E-state index in [-0.39, 0.29) is 5.56 Å². The fourth-order valence-corrected chi connectivity index (χ4v) is 1.06. The molecule has 0 radical (unpaired) electrons. The molecule has 0 aliphatic carbocycles. The summed E-state index contributed by atoms with van der Waals surface area (Å²) in [5, 5.41) is 0. The first kappa shape index (κ1) is 12.7. The van der Waals surface area contributed by atoms with E-state index in [0.29, 0.717) is 0 Å². The smallest absolute Gasteiger partial charge is 0.406 e. The molecule has 0 saturated carbocycles. The van der Waals surface area contributed by atoms with Crippen LogP contribution in [-0.4, -0.2) is 12.8 Å². The molecule has 2 N–H and O–H groups in total. The van der Waals surface area contributed by atoms with Crippen molar-refractivity contribution in [1.29, 1.82) is 0 Å². The number of ether oxygens (including phenoxy) is 1. The maximum atomic E-state index is 12.2. The van der Waals surface area contributed by atoms with Crippen LogP contribution in [0.25, 0.3) is 0 Å². The lowest BCUT2D eigenvalue weighted by atomic mass is 10.1. The van der Waals surface area contributed by atoms with E-state index in [1.165, 1.54) is 12.1 Å². The van der Waals surface area contributed by atoms with Crippen molar-refractivity contribution < 1.29 is 26.7 Å². The Morgan fingerprint density at radius 2 is 1.81 bits per heavy atom. The molecule has 0 aliphatic rings. The van der Waals surface area contributed by atoms with Crippen LogP contribution in [0, 0.1) is 0 Å². The van der Waals surface area contributed by atoms with Crippen molar-refractivity contribution in [2.45, 2.75) is 18.8 Å². The Bertz CT molecular complexity index is 352. The molecule has 0 spiro atoms. The summed E-state index contributed by atoms with van der Waals surface area (Å²) in [6, 6.07) is 2.59. The highest BCUT2D eigenvalue weighted by Crippen LogP contribution is 2.26. The van der Waals surface area contributed by atoms with Crippen molar-refractivity contribution in [3.63, 3.8) is 0 Å². The van der Waals surface area contributed by atoms with Gasteiger partial charge in [-0.15, -0.1) is 13.2 Å². The second kappa shape index (κ2) is 4.65. The van der Waals surface area contributed by atoms with Gasteiger partial charge in [-0.2, -0.15) is 0 Å². The Kier molecular flexibility index (Phi) is 3.69. The average Bonchev–Trinajstić information content (AvgIpc) is 2.14. The predicted molar refractivity (Wildman–Crippen MR) is 46.1 cm³/mol. The maximum Gasteiger partial charge on any atom is 0.573 e. The average molecular weight is 241 g/mol. The Morgan fingerprint density at radius 1 is 1.19 bits per heavy atom. The van der Waals surface area contributed by atoms with Gasteiger partial charge in [0.15, 0.2) is 0 Å². The van der Waals surface area contributed by atoms with Crippen LogP contribution in [0.2, 0.25) is 0 Å². The van der Waals surface area contributed by atoms with Crippen LogP contribution in [0.15, 0.2) is 24.3 Å². The van der Waals surface area contributed by atoms with E-state index in [0.717, 1.165) is 12.1 Å². The molecule has 0 fully saturated rings.